The van der Waals surface area contributed by atoms with Crippen LogP contribution in [0.1, 0.15) is 59.7 Å². The lowest BCUT2D eigenvalue weighted by molar-refractivity contribution is -0.137. The summed E-state index contributed by atoms with van der Waals surface area (Å²) in [5, 5.41) is 23.2. The molecule has 0 aromatic heterocycles. The van der Waals surface area contributed by atoms with E-state index in [-0.39, 0.29) is 41.3 Å². The molecule has 2 saturated carbocycles. The molecule has 6 nitrogen and oxygen atoms in total. The quantitative estimate of drug-likeness (QED) is 0.265. The van der Waals surface area contributed by atoms with Crippen LogP contribution in [-0.2, 0) is 16.4 Å². The number of halogens is 4. The van der Waals surface area contributed by atoms with Crippen molar-refractivity contribution >= 4 is 29.4 Å². The van der Waals surface area contributed by atoms with Gasteiger partial charge in [-0.05, 0) is 68.4 Å². The van der Waals surface area contributed by atoms with Crippen LogP contribution in [0.3, 0.4) is 0 Å². The van der Waals surface area contributed by atoms with Gasteiger partial charge in [0.05, 0.1) is 16.5 Å². The Morgan fingerprint density at radius 1 is 1.14 bits per heavy atom. The van der Waals surface area contributed by atoms with Crippen molar-refractivity contribution in [1.29, 1.82) is 5.41 Å². The largest absolute Gasteiger partial charge is 0.478 e. The van der Waals surface area contributed by atoms with E-state index in [1.807, 2.05) is 6.92 Å². The highest BCUT2D eigenvalue weighted by Crippen LogP contribution is 2.50. The third-order valence-corrected chi connectivity index (χ3v) is 6.80. The third kappa shape index (κ3) is 5.12. The van der Waals surface area contributed by atoms with Crippen LogP contribution in [0.2, 0.25) is 0 Å². The lowest BCUT2D eigenvalue weighted by Crippen LogP contribution is -2.29. The number of carboxylic acids is 1. The Bertz CT molecular complexity index is 1250. The van der Waals surface area contributed by atoms with E-state index in [0.717, 1.165) is 31.2 Å². The number of carbonyl (C=O) groups excluding carboxylic acids is 1. The fourth-order valence-corrected chi connectivity index (χ4v) is 4.28. The summed E-state index contributed by atoms with van der Waals surface area (Å²) < 4.78 is 53.2. The maximum Gasteiger partial charge on any atom is 0.416 e. The molecule has 0 saturated heterocycles. The number of anilines is 1. The Morgan fingerprint density at radius 2 is 1.83 bits per heavy atom. The molecule has 2 aliphatic carbocycles. The van der Waals surface area contributed by atoms with E-state index < -0.39 is 34.8 Å². The number of allylic oxidation sites excluding steroid dienone is 1. The van der Waals surface area contributed by atoms with Crippen molar-refractivity contribution in [2.24, 2.45) is 5.92 Å². The smallest absolute Gasteiger partial charge is 0.416 e. The van der Waals surface area contributed by atoms with E-state index in [2.05, 4.69) is 10.6 Å². The minimum absolute atomic E-state index is 0.132. The Morgan fingerprint density at radius 3 is 2.36 bits per heavy atom. The fraction of sp³-hybridized carbons (Fsp3) is 0.346. The number of aromatic carboxylic acids is 1. The van der Waals surface area contributed by atoms with Gasteiger partial charge in [-0.2, -0.15) is 13.2 Å². The lowest BCUT2D eigenvalue weighted by atomic mass is 9.93. The van der Waals surface area contributed by atoms with Crippen LogP contribution in [0, 0.1) is 17.1 Å². The molecule has 0 aliphatic heterocycles. The van der Waals surface area contributed by atoms with E-state index >= 15 is 0 Å². The molecule has 4 rings (SSSR count). The highest BCUT2D eigenvalue weighted by molar-refractivity contribution is 6.12. The van der Waals surface area contributed by atoms with Gasteiger partial charge in [-0.1, -0.05) is 12.1 Å². The monoisotopic (exact) mass is 503 g/mol. The standard InChI is InChI=1S/C26H25F4N3O3/c1-14(15-2-3-15)32-13-16(12-31)19-6-5-18(11-20(19)23(34)35)33-24(36)25(8-9-25)21-7-4-17(10-22(21)27)26(28,29)30/h4-7,10-15,31-32H,2-3,8-9H2,1H3,(H,33,36)(H,34,35)/b16-13+,31-12?. The maximum absolute atomic E-state index is 14.6. The number of carboxylic acid groups (broad SMARTS) is 1. The zero-order valence-corrected chi connectivity index (χ0v) is 19.4. The van der Waals surface area contributed by atoms with Gasteiger partial charge < -0.3 is 21.1 Å². The summed E-state index contributed by atoms with van der Waals surface area (Å²) in [6, 6.07) is 6.48. The van der Waals surface area contributed by atoms with Crippen molar-refractivity contribution in [3.05, 3.63) is 70.7 Å². The van der Waals surface area contributed by atoms with Gasteiger partial charge in [0.15, 0.2) is 0 Å². The molecular weight excluding hydrogens is 478 g/mol. The van der Waals surface area contributed by atoms with Crippen LogP contribution >= 0.6 is 0 Å². The number of amides is 1. The summed E-state index contributed by atoms with van der Waals surface area (Å²) in [5.41, 5.74) is -1.97. The summed E-state index contributed by atoms with van der Waals surface area (Å²) in [6.45, 7) is 2.01. The zero-order valence-electron chi connectivity index (χ0n) is 19.4. The van der Waals surface area contributed by atoms with E-state index in [9.17, 15) is 32.3 Å². The Balaban J connectivity index is 1.56. The van der Waals surface area contributed by atoms with Crippen molar-refractivity contribution in [2.45, 2.75) is 50.2 Å². The molecule has 2 aliphatic rings. The number of rotatable bonds is 9. The minimum atomic E-state index is -4.71. The molecule has 10 heteroatoms. The molecule has 36 heavy (non-hydrogen) atoms. The first-order valence-corrected chi connectivity index (χ1v) is 11.5. The summed E-state index contributed by atoms with van der Waals surface area (Å²) in [7, 11) is 0. The van der Waals surface area contributed by atoms with Crippen LogP contribution in [0.25, 0.3) is 5.57 Å². The van der Waals surface area contributed by atoms with Crippen molar-refractivity contribution in [2.75, 3.05) is 5.32 Å². The van der Waals surface area contributed by atoms with E-state index in [1.54, 1.807) is 6.20 Å². The number of benzene rings is 2. The van der Waals surface area contributed by atoms with E-state index in [0.29, 0.717) is 17.6 Å². The van der Waals surface area contributed by atoms with Gasteiger partial charge in [0, 0.05) is 35.3 Å². The Hall–Kier alpha value is -3.69. The van der Waals surface area contributed by atoms with Crippen molar-refractivity contribution in [3.8, 4) is 0 Å². The van der Waals surface area contributed by atoms with Crippen LogP contribution in [0.15, 0.2) is 42.6 Å². The molecule has 1 amide bonds. The number of hydrogen-bond acceptors (Lipinski definition) is 4. The second-order valence-corrected chi connectivity index (χ2v) is 9.33. The van der Waals surface area contributed by atoms with Gasteiger partial charge in [-0.15, -0.1) is 0 Å². The number of hydrogen-bond donors (Lipinski definition) is 4. The molecule has 2 fully saturated rings. The highest BCUT2D eigenvalue weighted by atomic mass is 19.4. The normalized spacial score (nSPS) is 17.8. The predicted molar refractivity (Wildman–Crippen MR) is 126 cm³/mol. The molecule has 1 atom stereocenters. The average molecular weight is 503 g/mol. The summed E-state index contributed by atoms with van der Waals surface area (Å²) in [5.74, 6) is -2.46. The third-order valence-electron chi connectivity index (χ3n) is 6.80. The second-order valence-electron chi connectivity index (χ2n) is 9.33. The molecule has 0 radical (unpaired) electrons. The summed E-state index contributed by atoms with van der Waals surface area (Å²) in [4.78, 5) is 25.0. The topological polar surface area (TPSA) is 102 Å². The second kappa shape index (κ2) is 9.40. The van der Waals surface area contributed by atoms with E-state index in [1.165, 1.54) is 18.2 Å². The molecule has 2 aromatic rings. The van der Waals surface area contributed by atoms with Crippen LogP contribution in [-0.4, -0.2) is 29.2 Å². The van der Waals surface area contributed by atoms with Gasteiger partial charge in [-0.25, -0.2) is 9.18 Å². The first-order chi connectivity index (χ1) is 17.0. The summed E-state index contributed by atoms with van der Waals surface area (Å²) in [6.07, 6.45) is 0.667. The molecule has 2 aromatic carbocycles. The Labute approximate surface area is 204 Å². The highest BCUT2D eigenvalue weighted by Gasteiger charge is 2.53. The molecule has 4 N–H and O–H groups in total. The average Bonchev–Trinajstić information content (AvgIpc) is 3.73. The molecule has 1 unspecified atom stereocenters. The van der Waals surface area contributed by atoms with Gasteiger partial charge in [0.1, 0.15) is 5.82 Å². The molecule has 0 spiro atoms. The van der Waals surface area contributed by atoms with Crippen molar-refractivity contribution in [3.63, 3.8) is 0 Å². The van der Waals surface area contributed by atoms with Gasteiger partial charge in [-0.3, -0.25) is 4.79 Å². The van der Waals surface area contributed by atoms with Crippen molar-refractivity contribution in [1.82, 2.24) is 5.32 Å². The maximum atomic E-state index is 14.6. The van der Waals surface area contributed by atoms with Gasteiger partial charge >= 0.3 is 12.1 Å². The van der Waals surface area contributed by atoms with Gasteiger partial charge in [0.25, 0.3) is 0 Å². The van der Waals surface area contributed by atoms with Crippen LogP contribution in [0.5, 0.6) is 0 Å². The zero-order chi connectivity index (χ0) is 26.3. The molecule has 0 bridgehead atoms. The fourth-order valence-electron chi connectivity index (χ4n) is 4.28. The van der Waals surface area contributed by atoms with Crippen molar-refractivity contribution < 1.29 is 32.3 Å². The Kier molecular flexibility index (Phi) is 6.64. The summed E-state index contributed by atoms with van der Waals surface area (Å²) >= 11 is 0. The molecule has 0 heterocycles. The number of nitrogens with one attached hydrogen (secondary N) is 3. The minimum Gasteiger partial charge on any atom is -0.478 e. The molecule has 190 valence electrons. The van der Waals surface area contributed by atoms with Crippen LogP contribution in [0.4, 0.5) is 23.2 Å². The number of carbonyl (C=O) groups is 2. The van der Waals surface area contributed by atoms with E-state index in [4.69, 9.17) is 5.41 Å². The number of alkyl halides is 3. The molecular formula is C26H25F4N3O3. The van der Waals surface area contributed by atoms with Gasteiger partial charge in [0.2, 0.25) is 5.91 Å². The predicted octanol–water partition coefficient (Wildman–Crippen LogP) is 5.59. The first kappa shape index (κ1) is 25.4. The van der Waals surface area contributed by atoms with Crippen LogP contribution < -0.4 is 10.6 Å². The first-order valence-electron chi connectivity index (χ1n) is 11.5. The SMILES string of the molecule is CC(N/C=C(\C=N)c1ccc(NC(=O)C2(c3ccc(C(F)(F)F)cc3F)CC2)cc1C(=O)O)C1CC1. The lowest BCUT2D eigenvalue weighted by Gasteiger charge is -2.18.